The van der Waals surface area contributed by atoms with Crippen LogP contribution in [0.15, 0.2) is 24.3 Å². The number of halogens is 3. The summed E-state index contributed by atoms with van der Waals surface area (Å²) in [5.41, 5.74) is 2.19. The van der Waals surface area contributed by atoms with Crippen molar-refractivity contribution in [3.05, 3.63) is 41.5 Å². The van der Waals surface area contributed by atoms with Gasteiger partial charge in [-0.1, -0.05) is 0 Å². The summed E-state index contributed by atoms with van der Waals surface area (Å²) in [7, 11) is 0. The molecule has 4 nitrogen and oxygen atoms in total. The first-order valence-corrected chi connectivity index (χ1v) is 8.27. The predicted octanol–water partition coefficient (Wildman–Crippen LogP) is 4.39. The molecule has 1 aromatic heterocycles. The number of aromatic nitrogens is 2. The lowest BCUT2D eigenvalue weighted by Gasteiger charge is -2.27. The van der Waals surface area contributed by atoms with Crippen LogP contribution >= 0.6 is 0 Å². The van der Waals surface area contributed by atoms with Crippen LogP contribution in [0.4, 0.5) is 18.9 Å². The van der Waals surface area contributed by atoms with Crippen molar-refractivity contribution < 1.29 is 18.0 Å². The lowest BCUT2D eigenvalue weighted by Crippen LogP contribution is -2.31. The van der Waals surface area contributed by atoms with Crippen molar-refractivity contribution in [2.75, 3.05) is 5.32 Å². The number of hydrogen-bond acceptors (Lipinski definition) is 2. The monoisotopic (exact) mass is 351 g/mol. The van der Waals surface area contributed by atoms with Gasteiger partial charge in [0, 0.05) is 30.1 Å². The molecule has 3 rings (SSSR count). The molecule has 0 unspecified atom stereocenters. The molecule has 0 atom stereocenters. The summed E-state index contributed by atoms with van der Waals surface area (Å²) in [5, 5.41) is 6.86. The molecule has 1 aromatic carbocycles. The van der Waals surface area contributed by atoms with E-state index in [0.29, 0.717) is 11.4 Å². The molecule has 0 bridgehead atoms. The molecule has 1 saturated carbocycles. The summed E-state index contributed by atoms with van der Waals surface area (Å²) in [4.78, 5) is 12.2. The van der Waals surface area contributed by atoms with Gasteiger partial charge in [0.05, 0.1) is 5.69 Å². The Hall–Kier alpha value is -2.31. The Bertz CT molecular complexity index is 791. The van der Waals surface area contributed by atoms with Gasteiger partial charge in [-0.3, -0.25) is 4.79 Å². The van der Waals surface area contributed by atoms with E-state index in [1.165, 1.54) is 10.7 Å². The summed E-state index contributed by atoms with van der Waals surface area (Å²) in [6.45, 7) is 3.65. The maximum absolute atomic E-state index is 14.4. The highest BCUT2D eigenvalue weighted by Crippen LogP contribution is 2.36. The summed E-state index contributed by atoms with van der Waals surface area (Å²) < 4.78 is 42.3. The highest BCUT2D eigenvalue weighted by Gasteiger charge is 2.37. The lowest BCUT2D eigenvalue weighted by molar-refractivity contribution is -0.124. The number of hydrogen-bond donors (Lipinski definition) is 1. The van der Waals surface area contributed by atoms with Gasteiger partial charge in [0.1, 0.15) is 5.69 Å². The highest BCUT2D eigenvalue weighted by atomic mass is 19.3. The minimum atomic E-state index is -2.68. The third kappa shape index (κ3) is 3.86. The molecule has 1 N–H and O–H groups in total. The number of carbonyl (C=O) groups is 1. The molecule has 0 saturated heterocycles. The van der Waals surface area contributed by atoms with Crippen LogP contribution in [0.2, 0.25) is 0 Å². The fraction of sp³-hybridized carbons (Fsp3) is 0.444. The average molecular weight is 351 g/mol. The molecule has 1 amide bonds. The zero-order valence-electron chi connectivity index (χ0n) is 14.2. The molecular weight excluding hydrogens is 331 g/mol. The zero-order chi connectivity index (χ0) is 18.2. The largest absolute Gasteiger partial charge is 0.326 e. The van der Waals surface area contributed by atoms with Crippen molar-refractivity contribution in [3.63, 3.8) is 0 Å². The molecule has 7 heteroatoms. The Morgan fingerprint density at radius 3 is 2.48 bits per heavy atom. The van der Waals surface area contributed by atoms with E-state index in [1.54, 1.807) is 12.1 Å². The topological polar surface area (TPSA) is 46.9 Å². The maximum Gasteiger partial charge on any atom is 0.248 e. The van der Waals surface area contributed by atoms with Gasteiger partial charge in [0.2, 0.25) is 11.8 Å². The normalized spacial score (nSPS) is 17.5. The zero-order valence-corrected chi connectivity index (χ0v) is 14.2. The van der Waals surface area contributed by atoms with E-state index in [2.05, 4.69) is 10.4 Å². The molecule has 25 heavy (non-hydrogen) atoms. The van der Waals surface area contributed by atoms with Gasteiger partial charge in [-0.05, 0) is 51.0 Å². The van der Waals surface area contributed by atoms with Gasteiger partial charge in [0.15, 0.2) is 5.82 Å². The number of carbonyl (C=O) groups excluding carboxylic acids is 1. The van der Waals surface area contributed by atoms with Crippen molar-refractivity contribution >= 4 is 11.6 Å². The standard InChI is InChI=1S/C18H20F3N3O/c1-11-9-12(2)24(23-11)16-4-3-14(10-15(16)19)22-17(25)13-5-7-18(20,21)8-6-13/h3-4,9-10,13H,5-8H2,1-2H3,(H,22,25). The minimum Gasteiger partial charge on any atom is -0.326 e. The molecule has 0 aliphatic heterocycles. The molecule has 1 aliphatic rings. The number of anilines is 1. The van der Waals surface area contributed by atoms with Crippen LogP contribution in [0.25, 0.3) is 5.69 Å². The molecular formula is C18H20F3N3O. The number of benzene rings is 1. The summed E-state index contributed by atoms with van der Waals surface area (Å²) in [5.74, 6) is -3.99. The van der Waals surface area contributed by atoms with E-state index >= 15 is 0 Å². The smallest absolute Gasteiger partial charge is 0.248 e. The number of rotatable bonds is 3. The lowest BCUT2D eigenvalue weighted by atomic mass is 9.86. The predicted molar refractivity (Wildman–Crippen MR) is 88.5 cm³/mol. The first-order valence-electron chi connectivity index (χ1n) is 8.27. The molecule has 0 spiro atoms. The molecule has 1 aliphatic carbocycles. The van der Waals surface area contributed by atoms with Crippen LogP contribution < -0.4 is 5.32 Å². The molecule has 0 radical (unpaired) electrons. The first-order chi connectivity index (χ1) is 11.7. The van der Waals surface area contributed by atoms with Gasteiger partial charge in [-0.15, -0.1) is 0 Å². The Kier molecular flexibility index (Phi) is 4.58. The van der Waals surface area contributed by atoms with E-state index in [9.17, 15) is 18.0 Å². The average Bonchev–Trinajstić information content (AvgIpc) is 2.85. The van der Waals surface area contributed by atoms with Gasteiger partial charge < -0.3 is 5.32 Å². The Balaban J connectivity index is 1.71. The van der Waals surface area contributed by atoms with Crippen LogP contribution in [0.3, 0.4) is 0 Å². The van der Waals surface area contributed by atoms with E-state index in [0.717, 1.165) is 11.4 Å². The minimum absolute atomic E-state index is 0.144. The summed E-state index contributed by atoms with van der Waals surface area (Å²) in [6, 6.07) is 6.19. The third-order valence-corrected chi connectivity index (χ3v) is 4.54. The van der Waals surface area contributed by atoms with Crippen LogP contribution in [-0.4, -0.2) is 21.6 Å². The third-order valence-electron chi connectivity index (χ3n) is 4.54. The molecule has 1 fully saturated rings. The second-order valence-electron chi connectivity index (χ2n) is 6.62. The number of amides is 1. The SMILES string of the molecule is Cc1cc(C)n(-c2ccc(NC(=O)C3CCC(F)(F)CC3)cc2F)n1. The second-order valence-corrected chi connectivity index (χ2v) is 6.62. The summed E-state index contributed by atoms with van der Waals surface area (Å²) in [6.07, 6.45) is -0.275. The maximum atomic E-state index is 14.4. The fourth-order valence-electron chi connectivity index (χ4n) is 3.18. The number of nitrogens with zero attached hydrogens (tertiary/aromatic N) is 2. The van der Waals surface area contributed by atoms with Crippen molar-refractivity contribution in [2.45, 2.75) is 45.5 Å². The van der Waals surface area contributed by atoms with Gasteiger partial charge >= 0.3 is 0 Å². The van der Waals surface area contributed by atoms with E-state index in [-0.39, 0.29) is 31.6 Å². The van der Waals surface area contributed by atoms with Crippen LogP contribution in [0, 0.1) is 25.6 Å². The van der Waals surface area contributed by atoms with Crippen LogP contribution in [0.1, 0.15) is 37.1 Å². The van der Waals surface area contributed by atoms with Crippen molar-refractivity contribution in [1.82, 2.24) is 9.78 Å². The number of alkyl halides is 2. The Labute approximate surface area is 144 Å². The van der Waals surface area contributed by atoms with Gasteiger partial charge in [-0.2, -0.15) is 5.10 Å². The van der Waals surface area contributed by atoms with Crippen molar-refractivity contribution in [1.29, 1.82) is 0 Å². The second kappa shape index (κ2) is 6.54. The van der Waals surface area contributed by atoms with Crippen molar-refractivity contribution in [3.8, 4) is 5.69 Å². The first kappa shape index (κ1) is 17.5. The highest BCUT2D eigenvalue weighted by molar-refractivity contribution is 5.92. The Morgan fingerprint density at radius 1 is 1.24 bits per heavy atom. The quantitative estimate of drug-likeness (QED) is 0.891. The van der Waals surface area contributed by atoms with E-state index in [4.69, 9.17) is 0 Å². The fourth-order valence-corrected chi connectivity index (χ4v) is 3.18. The Morgan fingerprint density at radius 2 is 1.92 bits per heavy atom. The van der Waals surface area contributed by atoms with Gasteiger partial charge in [-0.25, -0.2) is 17.9 Å². The number of aryl methyl sites for hydroxylation is 2. The van der Waals surface area contributed by atoms with Crippen LogP contribution in [-0.2, 0) is 4.79 Å². The summed E-state index contributed by atoms with van der Waals surface area (Å²) >= 11 is 0. The number of nitrogens with one attached hydrogen (secondary N) is 1. The molecule has 1 heterocycles. The van der Waals surface area contributed by atoms with Crippen LogP contribution in [0.5, 0.6) is 0 Å². The molecule has 2 aromatic rings. The van der Waals surface area contributed by atoms with E-state index in [1.807, 2.05) is 19.9 Å². The molecule has 134 valence electrons. The van der Waals surface area contributed by atoms with E-state index < -0.39 is 17.7 Å². The van der Waals surface area contributed by atoms with Gasteiger partial charge in [0.25, 0.3) is 0 Å². The van der Waals surface area contributed by atoms with Crippen molar-refractivity contribution in [2.24, 2.45) is 5.92 Å².